The number of aryl methyl sites for hydroxylation is 1. The van der Waals surface area contributed by atoms with E-state index in [9.17, 15) is 9.50 Å². The monoisotopic (exact) mass is 584 g/mol. The summed E-state index contributed by atoms with van der Waals surface area (Å²) in [5.74, 6) is 1.19. The summed E-state index contributed by atoms with van der Waals surface area (Å²) >= 11 is 0. The molecule has 1 aromatic heterocycles. The molecule has 41 heavy (non-hydrogen) atoms. The Labute approximate surface area is 247 Å². The van der Waals surface area contributed by atoms with Gasteiger partial charge in [-0.05, 0) is 67.3 Å². The first-order valence-electron chi connectivity index (χ1n) is 14.3. The minimum Gasteiger partial charge on any atom is -0.495 e. The van der Waals surface area contributed by atoms with Crippen LogP contribution in [0.3, 0.4) is 0 Å². The lowest BCUT2D eigenvalue weighted by atomic mass is 9.91. The number of likely N-dealkylation sites (tertiary alicyclic amines) is 1. The van der Waals surface area contributed by atoms with Gasteiger partial charge < -0.3 is 24.1 Å². The molecule has 9 heteroatoms. The molecule has 1 fully saturated rings. The van der Waals surface area contributed by atoms with Crippen molar-refractivity contribution in [2.24, 2.45) is 5.16 Å². The van der Waals surface area contributed by atoms with Gasteiger partial charge in [-0.15, -0.1) is 9.24 Å². The summed E-state index contributed by atoms with van der Waals surface area (Å²) in [5, 5.41) is 13.5. The van der Waals surface area contributed by atoms with Gasteiger partial charge in [-0.3, -0.25) is 0 Å². The number of oxime groups is 1. The number of ether oxygens (including phenoxy) is 1. The van der Waals surface area contributed by atoms with E-state index in [0.717, 1.165) is 34.6 Å². The van der Waals surface area contributed by atoms with Crippen molar-refractivity contribution in [3.05, 3.63) is 83.4 Å². The van der Waals surface area contributed by atoms with Gasteiger partial charge in [0, 0.05) is 30.0 Å². The number of hydrogen-bond acceptors (Lipinski definition) is 5. The molecule has 2 heterocycles. The lowest BCUT2D eigenvalue weighted by Gasteiger charge is -2.41. The Morgan fingerprint density at radius 1 is 1.22 bits per heavy atom. The summed E-state index contributed by atoms with van der Waals surface area (Å²) in [7, 11) is 4.60. The average Bonchev–Trinajstić information content (AvgIpc) is 3.39. The van der Waals surface area contributed by atoms with Crippen molar-refractivity contribution >= 4 is 21.2 Å². The Hall–Kier alpha value is -3.22. The highest BCUT2D eigenvalue weighted by Crippen LogP contribution is 2.38. The van der Waals surface area contributed by atoms with E-state index in [0.29, 0.717) is 31.0 Å². The molecule has 1 aliphatic carbocycles. The molecule has 0 amide bonds. The third-order valence-electron chi connectivity index (χ3n) is 6.11. The number of rotatable bonds is 7. The molecule has 1 N–H and O–H groups in total. The third kappa shape index (κ3) is 9.68. The fraction of sp³-hybridized carbons (Fsp3) is 0.438. The van der Waals surface area contributed by atoms with E-state index in [2.05, 4.69) is 32.4 Å². The number of imidazole rings is 1. The number of methoxy groups -OCH3 is 1. The van der Waals surface area contributed by atoms with E-state index in [4.69, 9.17) is 9.57 Å². The predicted molar refractivity (Wildman–Crippen MR) is 171 cm³/mol. The SMILES string of the molecule is CC.CC.COc1cc(/C=C2\CC(C)(P)CN(C3=C/C=C(/F)CC/C=C\3)\C2=N/OCCO)ccc1-n1cnc(C)c1. The van der Waals surface area contributed by atoms with Crippen molar-refractivity contribution in [2.75, 3.05) is 26.9 Å². The summed E-state index contributed by atoms with van der Waals surface area (Å²) in [6.07, 6.45) is 14.8. The normalized spacial score (nSPS) is 23.9. The predicted octanol–water partition coefficient (Wildman–Crippen LogP) is 7.37. The Morgan fingerprint density at radius 2 is 1.98 bits per heavy atom. The molecule has 2 atom stereocenters. The standard InChI is InChI=1S/C28H34FN4O3P.2C2H6/c1-20-17-32(19-30-20)25-11-8-21(15-26(25)35-3)14-22-16-28(2,37)18-33(27(22)31-36-13-12-34)24-7-5-4-6-23(29)9-10-24;2*1-2/h5,7-11,14-15,17,19,34H,4,6,12-13,16,18,37H2,1-3H3;2*1-2H3/b7-5-,22-14+,23-9+,24-10+,31-27-;;. The highest BCUT2D eigenvalue weighted by Gasteiger charge is 2.35. The van der Waals surface area contributed by atoms with E-state index >= 15 is 0 Å². The number of aliphatic hydroxyl groups excluding tert-OH is 1. The number of halogens is 1. The molecule has 0 radical (unpaired) electrons. The first-order valence-corrected chi connectivity index (χ1v) is 14.9. The summed E-state index contributed by atoms with van der Waals surface area (Å²) in [6.45, 7) is 12.7. The summed E-state index contributed by atoms with van der Waals surface area (Å²) in [6, 6.07) is 6.01. The van der Waals surface area contributed by atoms with Gasteiger partial charge in [0.1, 0.15) is 18.2 Å². The van der Waals surface area contributed by atoms with Gasteiger partial charge in [0.2, 0.25) is 0 Å². The highest BCUT2D eigenvalue weighted by atomic mass is 31.0. The van der Waals surface area contributed by atoms with Crippen LogP contribution in [0.4, 0.5) is 4.39 Å². The molecule has 0 spiro atoms. The molecule has 0 saturated carbocycles. The van der Waals surface area contributed by atoms with Gasteiger partial charge in [-0.2, -0.15) is 0 Å². The number of nitrogens with zero attached hydrogens (tertiary/aromatic N) is 4. The largest absolute Gasteiger partial charge is 0.495 e. The number of piperidine rings is 1. The minimum atomic E-state index is -0.167. The Balaban J connectivity index is 0.00000141. The van der Waals surface area contributed by atoms with Crippen molar-refractivity contribution in [1.82, 2.24) is 14.5 Å². The van der Waals surface area contributed by atoms with Crippen LogP contribution < -0.4 is 4.74 Å². The van der Waals surface area contributed by atoms with Gasteiger partial charge >= 0.3 is 0 Å². The summed E-state index contributed by atoms with van der Waals surface area (Å²) in [5.41, 5.74) is 4.54. The van der Waals surface area contributed by atoms with Crippen molar-refractivity contribution in [1.29, 1.82) is 0 Å². The molecule has 2 aliphatic rings. The Kier molecular flexibility index (Phi) is 14.0. The molecule has 224 valence electrons. The maximum absolute atomic E-state index is 14.1. The quantitative estimate of drug-likeness (QED) is 0.209. The van der Waals surface area contributed by atoms with Crippen LogP contribution in [-0.2, 0) is 4.84 Å². The second-order valence-electron chi connectivity index (χ2n) is 9.56. The van der Waals surface area contributed by atoms with Crippen LogP contribution in [-0.4, -0.2) is 57.4 Å². The van der Waals surface area contributed by atoms with Crippen LogP contribution in [0.2, 0.25) is 0 Å². The van der Waals surface area contributed by atoms with E-state index in [1.807, 2.05) is 80.6 Å². The van der Waals surface area contributed by atoms with E-state index in [-0.39, 0.29) is 24.2 Å². The van der Waals surface area contributed by atoms with Gasteiger partial charge in [0.25, 0.3) is 0 Å². The molecule has 7 nitrogen and oxygen atoms in total. The molecular weight excluding hydrogens is 538 g/mol. The average molecular weight is 585 g/mol. The zero-order chi connectivity index (χ0) is 30.4. The van der Waals surface area contributed by atoms with Gasteiger partial charge in [0.05, 0.1) is 31.4 Å². The van der Waals surface area contributed by atoms with Crippen molar-refractivity contribution < 1.29 is 19.1 Å². The zero-order valence-electron chi connectivity index (χ0n) is 25.5. The van der Waals surface area contributed by atoms with Crippen LogP contribution in [0, 0.1) is 6.92 Å². The van der Waals surface area contributed by atoms with Crippen LogP contribution in [0.25, 0.3) is 11.8 Å². The van der Waals surface area contributed by atoms with Crippen molar-refractivity contribution in [3.8, 4) is 11.4 Å². The second kappa shape index (κ2) is 16.9. The van der Waals surface area contributed by atoms with Gasteiger partial charge in [-0.1, -0.05) is 51.9 Å². The number of aliphatic hydroxyl groups is 1. The molecule has 2 aromatic rings. The van der Waals surface area contributed by atoms with Crippen LogP contribution in [0.1, 0.15) is 65.1 Å². The summed E-state index contributed by atoms with van der Waals surface area (Å²) in [4.78, 5) is 11.8. The van der Waals surface area contributed by atoms with Crippen LogP contribution in [0.5, 0.6) is 5.75 Å². The molecule has 2 unspecified atom stereocenters. The molecular formula is C32H46FN4O3P. The molecule has 1 aromatic carbocycles. The fourth-order valence-corrected chi connectivity index (χ4v) is 4.84. The molecule has 4 rings (SSSR count). The smallest absolute Gasteiger partial charge is 0.175 e. The van der Waals surface area contributed by atoms with Crippen molar-refractivity contribution in [3.63, 3.8) is 0 Å². The van der Waals surface area contributed by atoms with Crippen molar-refractivity contribution in [2.45, 2.75) is 66.0 Å². The Bertz CT molecular complexity index is 1280. The first kappa shape index (κ1) is 34.0. The lowest BCUT2D eigenvalue weighted by Crippen LogP contribution is -2.46. The number of amidine groups is 1. The lowest BCUT2D eigenvalue weighted by molar-refractivity contribution is 0.0956. The van der Waals surface area contributed by atoms with Gasteiger partial charge in [0.15, 0.2) is 5.84 Å². The van der Waals surface area contributed by atoms with E-state index in [1.54, 1.807) is 19.5 Å². The van der Waals surface area contributed by atoms with E-state index < -0.39 is 0 Å². The fourth-order valence-electron chi connectivity index (χ4n) is 4.44. The molecule has 0 bridgehead atoms. The van der Waals surface area contributed by atoms with Crippen LogP contribution in [0.15, 0.2) is 77.3 Å². The zero-order valence-corrected chi connectivity index (χ0v) is 26.7. The first-order chi connectivity index (χ1) is 19.8. The molecule has 1 saturated heterocycles. The second-order valence-corrected chi connectivity index (χ2v) is 11.0. The Morgan fingerprint density at radius 3 is 2.63 bits per heavy atom. The van der Waals surface area contributed by atoms with Gasteiger partial charge in [-0.25, -0.2) is 9.37 Å². The topological polar surface area (TPSA) is 72.1 Å². The maximum atomic E-state index is 14.1. The summed E-state index contributed by atoms with van der Waals surface area (Å²) < 4.78 is 21.7. The minimum absolute atomic E-state index is 0.0824. The number of aromatic nitrogens is 2. The number of allylic oxidation sites excluding steroid dienone is 5. The highest BCUT2D eigenvalue weighted by molar-refractivity contribution is 7.19. The van der Waals surface area contributed by atoms with E-state index in [1.165, 1.54) is 6.08 Å². The third-order valence-corrected chi connectivity index (χ3v) is 6.50. The number of benzene rings is 1. The number of hydrogen-bond donors (Lipinski definition) is 1. The van der Waals surface area contributed by atoms with Crippen LogP contribution >= 0.6 is 9.24 Å². The maximum Gasteiger partial charge on any atom is 0.175 e. The molecule has 1 aliphatic heterocycles.